The molecule has 1 N–H and O–H groups in total. The van der Waals surface area contributed by atoms with Gasteiger partial charge in [-0.05, 0) is 61.1 Å². The molecule has 0 saturated carbocycles. The predicted molar refractivity (Wildman–Crippen MR) is 80.1 cm³/mol. The molecule has 2 aromatic carbocycles. The Morgan fingerprint density at radius 1 is 1.05 bits per heavy atom. The van der Waals surface area contributed by atoms with Crippen molar-refractivity contribution in [3.05, 3.63) is 70.8 Å². The summed E-state index contributed by atoms with van der Waals surface area (Å²) in [6, 6.07) is 12.2. The zero-order valence-corrected chi connectivity index (χ0v) is 12.1. The van der Waals surface area contributed by atoms with Gasteiger partial charge in [0.1, 0.15) is 11.6 Å². The number of nitrogens with one attached hydrogen (secondary N) is 1. The Hall–Kier alpha value is -1.74. The van der Waals surface area contributed by atoms with Crippen LogP contribution >= 0.6 is 0 Å². The van der Waals surface area contributed by atoms with Crippen molar-refractivity contribution >= 4 is 0 Å². The first-order chi connectivity index (χ1) is 10.2. The molecule has 1 nitrogen and oxygen atoms in total. The van der Waals surface area contributed by atoms with E-state index in [9.17, 15) is 8.78 Å². The largest absolute Gasteiger partial charge is 0.313 e. The minimum atomic E-state index is -0.513. The molecule has 0 heterocycles. The lowest BCUT2D eigenvalue weighted by molar-refractivity contribution is 0.340. The Bertz CT molecular complexity index is 619. The summed E-state index contributed by atoms with van der Waals surface area (Å²) in [6.45, 7) is 0. The Balaban J connectivity index is 1.88. The summed E-state index contributed by atoms with van der Waals surface area (Å²) in [6.07, 6.45) is 3.00. The fourth-order valence-corrected chi connectivity index (χ4v) is 3.44. The summed E-state index contributed by atoms with van der Waals surface area (Å²) in [5, 5.41) is 3.24. The van der Waals surface area contributed by atoms with Gasteiger partial charge in [-0.15, -0.1) is 0 Å². The van der Waals surface area contributed by atoms with E-state index in [1.165, 1.54) is 23.3 Å². The Kier molecular flexibility index (Phi) is 4.02. The van der Waals surface area contributed by atoms with Crippen LogP contribution in [0.2, 0.25) is 0 Å². The molecule has 0 amide bonds. The van der Waals surface area contributed by atoms with Crippen LogP contribution in [-0.4, -0.2) is 7.05 Å². The molecule has 0 saturated heterocycles. The van der Waals surface area contributed by atoms with E-state index >= 15 is 0 Å². The van der Waals surface area contributed by atoms with Gasteiger partial charge in [-0.2, -0.15) is 0 Å². The Morgan fingerprint density at radius 3 is 2.38 bits per heavy atom. The van der Waals surface area contributed by atoms with Crippen LogP contribution in [0.5, 0.6) is 0 Å². The van der Waals surface area contributed by atoms with Gasteiger partial charge in [0.2, 0.25) is 0 Å². The van der Waals surface area contributed by atoms with Gasteiger partial charge in [-0.3, -0.25) is 0 Å². The molecule has 3 rings (SSSR count). The van der Waals surface area contributed by atoms with E-state index in [1.54, 1.807) is 0 Å². The van der Waals surface area contributed by atoms with E-state index in [2.05, 4.69) is 29.6 Å². The summed E-state index contributed by atoms with van der Waals surface area (Å²) in [7, 11) is 1.86. The molecule has 0 aliphatic heterocycles. The maximum atomic E-state index is 13.5. The van der Waals surface area contributed by atoms with Gasteiger partial charge in [0.15, 0.2) is 0 Å². The lowest BCUT2D eigenvalue weighted by atomic mass is 9.78. The van der Waals surface area contributed by atoms with Crippen LogP contribution in [0.1, 0.15) is 29.2 Å². The lowest BCUT2D eigenvalue weighted by Crippen LogP contribution is -2.29. The minimum absolute atomic E-state index is 0.0245. The van der Waals surface area contributed by atoms with E-state index in [0.29, 0.717) is 11.5 Å². The van der Waals surface area contributed by atoms with Crippen LogP contribution in [0.3, 0.4) is 0 Å². The second-order valence-corrected chi connectivity index (χ2v) is 5.74. The van der Waals surface area contributed by atoms with Gasteiger partial charge in [0.25, 0.3) is 0 Å². The minimum Gasteiger partial charge on any atom is -0.313 e. The standard InChI is InChI=1S/C18H19F2N/c1-21-18(15-9-16(19)11-17(20)10-15)14-7-6-12-4-2-3-5-13(12)8-14/h2-5,9-11,14,18,21H,6-8H2,1H3. The summed E-state index contributed by atoms with van der Waals surface area (Å²) < 4.78 is 26.9. The van der Waals surface area contributed by atoms with Crippen molar-refractivity contribution in [2.24, 2.45) is 5.92 Å². The van der Waals surface area contributed by atoms with Crippen molar-refractivity contribution in [3.8, 4) is 0 Å². The normalized spacial score (nSPS) is 19.1. The second-order valence-electron chi connectivity index (χ2n) is 5.74. The molecule has 0 fully saturated rings. The van der Waals surface area contributed by atoms with Crippen LogP contribution in [0.25, 0.3) is 0 Å². The third-order valence-electron chi connectivity index (χ3n) is 4.41. The number of benzene rings is 2. The number of hydrogen-bond acceptors (Lipinski definition) is 1. The molecule has 1 aliphatic rings. The highest BCUT2D eigenvalue weighted by atomic mass is 19.1. The third kappa shape index (κ3) is 2.98. The molecule has 3 heteroatoms. The third-order valence-corrected chi connectivity index (χ3v) is 4.41. The fourth-order valence-electron chi connectivity index (χ4n) is 3.44. The van der Waals surface area contributed by atoms with Gasteiger partial charge >= 0.3 is 0 Å². The second kappa shape index (κ2) is 5.94. The quantitative estimate of drug-likeness (QED) is 0.898. The predicted octanol–water partition coefficient (Wildman–Crippen LogP) is 4.03. The summed E-state index contributed by atoms with van der Waals surface area (Å²) in [5.74, 6) is -0.672. The molecular weight excluding hydrogens is 268 g/mol. The molecule has 110 valence electrons. The summed E-state index contributed by atoms with van der Waals surface area (Å²) in [4.78, 5) is 0. The smallest absolute Gasteiger partial charge is 0.126 e. The molecule has 2 atom stereocenters. The Labute approximate surface area is 124 Å². The molecule has 2 aromatic rings. The van der Waals surface area contributed by atoms with Gasteiger partial charge in [0.05, 0.1) is 0 Å². The van der Waals surface area contributed by atoms with Crippen LogP contribution in [0.15, 0.2) is 42.5 Å². The van der Waals surface area contributed by atoms with Crippen molar-refractivity contribution in [2.75, 3.05) is 7.05 Å². The van der Waals surface area contributed by atoms with E-state index in [0.717, 1.165) is 25.3 Å². The van der Waals surface area contributed by atoms with E-state index in [-0.39, 0.29) is 6.04 Å². The zero-order valence-electron chi connectivity index (χ0n) is 12.1. The van der Waals surface area contributed by atoms with Gasteiger partial charge in [-0.1, -0.05) is 24.3 Å². The molecule has 0 spiro atoms. The number of halogens is 2. The van der Waals surface area contributed by atoms with Crippen molar-refractivity contribution in [3.63, 3.8) is 0 Å². The van der Waals surface area contributed by atoms with Gasteiger partial charge in [-0.25, -0.2) is 8.78 Å². The van der Waals surface area contributed by atoms with Crippen molar-refractivity contribution in [2.45, 2.75) is 25.3 Å². The highest BCUT2D eigenvalue weighted by Gasteiger charge is 2.26. The maximum absolute atomic E-state index is 13.5. The van der Waals surface area contributed by atoms with Crippen LogP contribution in [0.4, 0.5) is 8.78 Å². The highest BCUT2D eigenvalue weighted by Crippen LogP contribution is 2.34. The van der Waals surface area contributed by atoms with E-state index < -0.39 is 11.6 Å². The van der Waals surface area contributed by atoms with Crippen LogP contribution in [0, 0.1) is 17.6 Å². The Morgan fingerprint density at radius 2 is 1.71 bits per heavy atom. The fraction of sp³-hybridized carbons (Fsp3) is 0.333. The molecule has 2 unspecified atom stereocenters. The summed E-state index contributed by atoms with van der Waals surface area (Å²) in [5.41, 5.74) is 3.44. The number of fused-ring (bicyclic) bond motifs is 1. The first kappa shape index (κ1) is 14.2. The maximum Gasteiger partial charge on any atom is 0.126 e. The zero-order chi connectivity index (χ0) is 14.8. The molecule has 0 radical (unpaired) electrons. The molecule has 0 bridgehead atoms. The van der Waals surface area contributed by atoms with E-state index in [4.69, 9.17) is 0 Å². The number of aryl methyl sites for hydroxylation is 1. The van der Waals surface area contributed by atoms with Crippen LogP contribution < -0.4 is 5.32 Å². The van der Waals surface area contributed by atoms with Gasteiger partial charge < -0.3 is 5.32 Å². The summed E-state index contributed by atoms with van der Waals surface area (Å²) >= 11 is 0. The molecular formula is C18H19F2N. The van der Waals surface area contributed by atoms with E-state index in [1.807, 2.05) is 7.05 Å². The van der Waals surface area contributed by atoms with Gasteiger partial charge in [0, 0.05) is 12.1 Å². The number of hydrogen-bond donors (Lipinski definition) is 1. The first-order valence-corrected chi connectivity index (χ1v) is 7.37. The average molecular weight is 287 g/mol. The topological polar surface area (TPSA) is 12.0 Å². The van der Waals surface area contributed by atoms with Crippen molar-refractivity contribution in [1.82, 2.24) is 5.32 Å². The SMILES string of the molecule is CNC(c1cc(F)cc(F)c1)C1CCc2ccccc2C1. The average Bonchev–Trinajstić information content (AvgIpc) is 2.47. The molecule has 1 aliphatic carbocycles. The molecule has 0 aromatic heterocycles. The number of rotatable bonds is 3. The van der Waals surface area contributed by atoms with Crippen LogP contribution in [-0.2, 0) is 12.8 Å². The van der Waals surface area contributed by atoms with Crippen molar-refractivity contribution in [1.29, 1.82) is 0 Å². The monoisotopic (exact) mass is 287 g/mol. The van der Waals surface area contributed by atoms with Crippen molar-refractivity contribution < 1.29 is 8.78 Å². The molecule has 21 heavy (non-hydrogen) atoms. The highest BCUT2D eigenvalue weighted by molar-refractivity contribution is 5.31. The lowest BCUT2D eigenvalue weighted by Gasteiger charge is -2.32. The first-order valence-electron chi connectivity index (χ1n) is 7.37.